The minimum Gasteiger partial charge on any atom is -0.313 e. The first-order valence-electron chi connectivity index (χ1n) is 5.20. The highest BCUT2D eigenvalue weighted by Crippen LogP contribution is 2.54. The second kappa shape index (κ2) is 2.65. The van der Waals surface area contributed by atoms with Crippen LogP contribution in [0.15, 0.2) is 0 Å². The Bertz CT molecular complexity index is 175. The molecule has 4 aliphatic rings. The van der Waals surface area contributed by atoms with Crippen LogP contribution in [-0.4, -0.2) is 24.1 Å². The molecule has 0 amide bonds. The molecule has 1 unspecified atom stereocenters. The molecule has 12 heavy (non-hydrogen) atoms. The molecule has 0 aromatic heterocycles. The summed E-state index contributed by atoms with van der Waals surface area (Å²) in [6, 6.07) is 0.914. The minimum absolute atomic E-state index is 0.776. The monoisotopic (exact) mass is 183 g/mol. The van der Waals surface area contributed by atoms with Crippen LogP contribution in [-0.2, 0) is 0 Å². The van der Waals surface area contributed by atoms with Gasteiger partial charge in [-0.15, -0.1) is 0 Å². The average molecular weight is 183 g/mol. The Hall–Kier alpha value is 0.310. The van der Waals surface area contributed by atoms with Gasteiger partial charge in [0, 0.05) is 12.6 Å². The summed E-state index contributed by atoms with van der Waals surface area (Å²) in [5.74, 6) is 3.93. The number of hydrogen-bond acceptors (Lipinski definition) is 2. The summed E-state index contributed by atoms with van der Waals surface area (Å²) in [5, 5.41) is 3.62. The van der Waals surface area contributed by atoms with Crippen LogP contribution in [0.5, 0.6) is 0 Å². The highest BCUT2D eigenvalue weighted by atomic mass is 32.2. The van der Waals surface area contributed by atoms with Gasteiger partial charge >= 0.3 is 0 Å². The normalized spacial score (nSPS) is 52.0. The van der Waals surface area contributed by atoms with E-state index in [1.165, 1.54) is 43.7 Å². The first kappa shape index (κ1) is 7.69. The topological polar surface area (TPSA) is 12.0 Å². The van der Waals surface area contributed by atoms with E-state index in [1.54, 1.807) is 0 Å². The molecular formula is C10H17NS. The van der Waals surface area contributed by atoms with E-state index in [-0.39, 0.29) is 0 Å². The fourth-order valence-electron chi connectivity index (χ4n) is 3.26. The molecule has 4 fully saturated rings. The van der Waals surface area contributed by atoms with Gasteiger partial charge in [-0.1, -0.05) is 0 Å². The lowest BCUT2D eigenvalue weighted by molar-refractivity contribution is 0.107. The van der Waals surface area contributed by atoms with Gasteiger partial charge in [-0.25, -0.2) is 0 Å². The van der Waals surface area contributed by atoms with Crippen LogP contribution in [0.25, 0.3) is 0 Å². The lowest BCUT2D eigenvalue weighted by atomic mass is 9.62. The molecule has 0 radical (unpaired) electrons. The zero-order valence-corrected chi connectivity index (χ0v) is 8.33. The molecule has 2 heteroatoms. The molecule has 3 saturated heterocycles. The van der Waals surface area contributed by atoms with E-state index in [2.05, 4.69) is 17.1 Å². The van der Waals surface area contributed by atoms with Gasteiger partial charge in [0.15, 0.2) is 0 Å². The van der Waals surface area contributed by atoms with E-state index in [1.807, 2.05) is 0 Å². The third-order valence-electron chi connectivity index (χ3n) is 4.07. The Morgan fingerprint density at radius 2 is 2.25 bits per heavy atom. The summed E-state index contributed by atoms with van der Waals surface area (Å²) in [5.41, 5.74) is 0.776. The van der Waals surface area contributed by atoms with Crippen LogP contribution in [0.1, 0.15) is 25.7 Å². The van der Waals surface area contributed by atoms with Crippen molar-refractivity contribution in [3.8, 4) is 0 Å². The summed E-state index contributed by atoms with van der Waals surface area (Å²) in [6.07, 6.45) is 5.99. The molecule has 2 bridgehead atoms. The molecule has 3 aliphatic heterocycles. The standard InChI is InChI=1S/C10H17NS/c1-2-8(6-12-3-1)10-4-9(5-10)11-7-10/h8-9,11H,1-7H2. The van der Waals surface area contributed by atoms with Crippen molar-refractivity contribution >= 4 is 11.8 Å². The Morgan fingerprint density at radius 1 is 1.33 bits per heavy atom. The smallest absolute Gasteiger partial charge is 0.00790 e. The van der Waals surface area contributed by atoms with Gasteiger partial charge in [0.2, 0.25) is 0 Å². The van der Waals surface area contributed by atoms with Gasteiger partial charge in [0.05, 0.1) is 0 Å². The maximum absolute atomic E-state index is 3.62. The summed E-state index contributed by atoms with van der Waals surface area (Å²) in [7, 11) is 0. The lowest BCUT2D eigenvalue weighted by Gasteiger charge is -2.45. The van der Waals surface area contributed by atoms with Crippen molar-refractivity contribution in [2.24, 2.45) is 11.3 Å². The molecule has 3 heterocycles. The third-order valence-corrected chi connectivity index (χ3v) is 5.29. The van der Waals surface area contributed by atoms with E-state index >= 15 is 0 Å². The molecule has 1 atom stereocenters. The predicted octanol–water partition coefficient (Wildman–Crippen LogP) is 1.88. The van der Waals surface area contributed by atoms with Crippen molar-refractivity contribution in [2.45, 2.75) is 31.7 Å². The molecule has 1 saturated carbocycles. The second-order valence-corrected chi connectivity index (χ2v) is 5.91. The van der Waals surface area contributed by atoms with Crippen molar-refractivity contribution in [2.75, 3.05) is 18.1 Å². The van der Waals surface area contributed by atoms with Crippen LogP contribution in [0.3, 0.4) is 0 Å². The first-order valence-corrected chi connectivity index (χ1v) is 6.36. The van der Waals surface area contributed by atoms with E-state index < -0.39 is 0 Å². The Kier molecular flexibility index (Phi) is 1.70. The Morgan fingerprint density at radius 3 is 2.83 bits per heavy atom. The molecular weight excluding hydrogens is 166 g/mol. The van der Waals surface area contributed by atoms with Crippen molar-refractivity contribution in [1.29, 1.82) is 0 Å². The van der Waals surface area contributed by atoms with Crippen LogP contribution in [0, 0.1) is 11.3 Å². The Labute approximate surface area is 78.7 Å². The van der Waals surface area contributed by atoms with Crippen LogP contribution >= 0.6 is 11.8 Å². The van der Waals surface area contributed by atoms with Gasteiger partial charge in [-0.05, 0) is 48.5 Å². The lowest BCUT2D eigenvalue weighted by Crippen LogP contribution is -2.42. The number of fused-ring (bicyclic) bond motifs is 1. The summed E-state index contributed by atoms with van der Waals surface area (Å²) < 4.78 is 0. The van der Waals surface area contributed by atoms with Gasteiger partial charge < -0.3 is 5.32 Å². The third kappa shape index (κ3) is 0.973. The Balaban J connectivity index is 1.71. The van der Waals surface area contributed by atoms with Crippen molar-refractivity contribution in [3.05, 3.63) is 0 Å². The fourth-order valence-corrected chi connectivity index (χ4v) is 4.60. The highest BCUT2D eigenvalue weighted by molar-refractivity contribution is 7.99. The molecule has 0 aromatic rings. The van der Waals surface area contributed by atoms with Gasteiger partial charge in [0.1, 0.15) is 0 Å². The quantitative estimate of drug-likeness (QED) is 0.666. The maximum atomic E-state index is 3.62. The van der Waals surface area contributed by atoms with Crippen molar-refractivity contribution in [3.63, 3.8) is 0 Å². The van der Waals surface area contributed by atoms with E-state index in [0.717, 1.165) is 17.4 Å². The number of thioether (sulfide) groups is 1. The van der Waals surface area contributed by atoms with Crippen LogP contribution < -0.4 is 5.32 Å². The van der Waals surface area contributed by atoms with Gasteiger partial charge in [-0.3, -0.25) is 0 Å². The largest absolute Gasteiger partial charge is 0.313 e. The van der Waals surface area contributed by atoms with Crippen molar-refractivity contribution < 1.29 is 0 Å². The molecule has 1 nitrogen and oxygen atoms in total. The number of nitrogens with one attached hydrogen (secondary N) is 1. The minimum atomic E-state index is 0.776. The number of hydrogen-bond donors (Lipinski definition) is 1. The van der Waals surface area contributed by atoms with Gasteiger partial charge in [-0.2, -0.15) is 11.8 Å². The van der Waals surface area contributed by atoms with Gasteiger partial charge in [0.25, 0.3) is 0 Å². The molecule has 1 aliphatic carbocycles. The zero-order valence-electron chi connectivity index (χ0n) is 7.51. The SMILES string of the molecule is C1CSCC(C23CNC(C2)C3)C1. The molecule has 68 valence electrons. The maximum Gasteiger partial charge on any atom is 0.00790 e. The molecule has 1 N–H and O–H groups in total. The molecule has 4 rings (SSSR count). The van der Waals surface area contributed by atoms with E-state index in [4.69, 9.17) is 0 Å². The predicted molar refractivity (Wildman–Crippen MR) is 53.5 cm³/mol. The first-order chi connectivity index (χ1) is 5.89. The van der Waals surface area contributed by atoms with E-state index in [0.29, 0.717) is 0 Å². The molecule has 0 spiro atoms. The second-order valence-electron chi connectivity index (χ2n) is 4.76. The highest BCUT2D eigenvalue weighted by Gasteiger charge is 2.54. The van der Waals surface area contributed by atoms with Crippen LogP contribution in [0.4, 0.5) is 0 Å². The number of rotatable bonds is 1. The summed E-state index contributed by atoms with van der Waals surface area (Å²) in [6.45, 7) is 1.34. The van der Waals surface area contributed by atoms with Crippen LogP contribution in [0.2, 0.25) is 0 Å². The van der Waals surface area contributed by atoms with Crippen molar-refractivity contribution in [1.82, 2.24) is 5.32 Å². The average Bonchev–Trinajstić information content (AvgIpc) is 2.63. The molecule has 0 aromatic carbocycles. The fraction of sp³-hybridized carbons (Fsp3) is 1.00. The zero-order chi connectivity index (χ0) is 8.02. The summed E-state index contributed by atoms with van der Waals surface area (Å²) in [4.78, 5) is 0. The summed E-state index contributed by atoms with van der Waals surface area (Å²) >= 11 is 2.19. The van der Waals surface area contributed by atoms with E-state index in [9.17, 15) is 0 Å².